The lowest BCUT2D eigenvalue weighted by atomic mass is 10.1. The van der Waals surface area contributed by atoms with Crippen LogP contribution in [0.15, 0.2) is 18.5 Å². The third-order valence-electron chi connectivity index (χ3n) is 2.89. The summed E-state index contributed by atoms with van der Waals surface area (Å²) in [7, 11) is 0. The van der Waals surface area contributed by atoms with Crippen LogP contribution in [0.25, 0.3) is 11.4 Å². The Bertz CT molecular complexity index is 583. The summed E-state index contributed by atoms with van der Waals surface area (Å²) in [4.78, 5) is 13.1. The predicted octanol–water partition coefficient (Wildman–Crippen LogP) is 2.18. The molecule has 0 bridgehead atoms. The van der Waals surface area contributed by atoms with Gasteiger partial charge in [0.15, 0.2) is 5.82 Å². The van der Waals surface area contributed by atoms with Crippen molar-refractivity contribution in [2.45, 2.75) is 18.4 Å². The molecule has 0 radical (unpaired) electrons. The number of anilines is 1. The molecule has 3 heterocycles. The van der Waals surface area contributed by atoms with Gasteiger partial charge in [-0.2, -0.15) is 11.8 Å². The molecule has 0 aliphatic carbocycles. The highest BCUT2D eigenvalue weighted by Crippen LogP contribution is 2.33. The maximum absolute atomic E-state index is 5.98. The highest BCUT2D eigenvalue weighted by molar-refractivity contribution is 7.98. The molecule has 0 amide bonds. The van der Waals surface area contributed by atoms with Gasteiger partial charge >= 0.3 is 0 Å². The topological polar surface area (TPSA) is 64.7 Å². The molecule has 0 unspecified atom stereocenters. The number of fused-ring (bicyclic) bond motifs is 1. The monoisotopic (exact) mass is 244 g/mol. The van der Waals surface area contributed by atoms with Crippen molar-refractivity contribution in [3.63, 3.8) is 0 Å². The molecule has 0 saturated carbocycles. The van der Waals surface area contributed by atoms with E-state index >= 15 is 0 Å². The molecule has 0 atom stereocenters. The van der Waals surface area contributed by atoms with Crippen molar-refractivity contribution < 1.29 is 0 Å². The Labute approximate surface area is 104 Å². The van der Waals surface area contributed by atoms with Crippen molar-refractivity contribution in [3.05, 3.63) is 35.3 Å². The second-order valence-corrected chi connectivity index (χ2v) is 5.03. The largest absolute Gasteiger partial charge is 0.383 e. The first-order chi connectivity index (χ1) is 8.25. The lowest BCUT2D eigenvalue weighted by Crippen LogP contribution is -2.03. The molecule has 4 nitrogen and oxygen atoms in total. The highest BCUT2D eigenvalue weighted by Gasteiger charge is 2.19. The van der Waals surface area contributed by atoms with Crippen molar-refractivity contribution in [2.24, 2.45) is 0 Å². The molecule has 5 heteroatoms. The van der Waals surface area contributed by atoms with Crippen LogP contribution in [0.4, 0.5) is 5.82 Å². The lowest BCUT2D eigenvalue weighted by Gasteiger charge is -2.07. The first kappa shape index (κ1) is 10.5. The van der Waals surface area contributed by atoms with Crippen LogP contribution in [0, 0.1) is 6.92 Å². The number of nitrogen functional groups attached to an aromatic ring is 1. The molecular weight excluding hydrogens is 232 g/mol. The number of hydrogen-bond acceptors (Lipinski definition) is 5. The van der Waals surface area contributed by atoms with E-state index in [1.807, 2.05) is 24.8 Å². The average molecular weight is 244 g/mol. The summed E-state index contributed by atoms with van der Waals surface area (Å²) in [5, 5.41) is 0. The maximum atomic E-state index is 5.98. The third kappa shape index (κ3) is 1.76. The minimum atomic E-state index is 0.609. The van der Waals surface area contributed by atoms with Gasteiger partial charge in [-0.1, -0.05) is 0 Å². The van der Waals surface area contributed by atoms with Crippen LogP contribution >= 0.6 is 11.8 Å². The minimum Gasteiger partial charge on any atom is -0.383 e. The fourth-order valence-corrected chi connectivity index (χ4v) is 2.95. The van der Waals surface area contributed by atoms with E-state index in [1.165, 1.54) is 0 Å². The standard InChI is InChI=1S/C12H12N4S/c1-7-2-3-14-4-8(7)12-15-10-6-17-5-9(10)11(13)16-12/h2-4H,5-6H2,1H3,(H2,13,15,16). The van der Waals surface area contributed by atoms with Gasteiger partial charge in [0.25, 0.3) is 0 Å². The Hall–Kier alpha value is -1.62. The third-order valence-corrected chi connectivity index (χ3v) is 3.86. The molecule has 0 saturated heterocycles. The number of aromatic nitrogens is 3. The zero-order valence-corrected chi connectivity index (χ0v) is 10.3. The van der Waals surface area contributed by atoms with Gasteiger partial charge in [0.1, 0.15) is 5.82 Å². The van der Waals surface area contributed by atoms with Gasteiger partial charge in [-0.05, 0) is 18.6 Å². The minimum absolute atomic E-state index is 0.609. The predicted molar refractivity (Wildman–Crippen MR) is 69.4 cm³/mol. The molecule has 17 heavy (non-hydrogen) atoms. The zero-order valence-electron chi connectivity index (χ0n) is 9.47. The van der Waals surface area contributed by atoms with Gasteiger partial charge in [-0.15, -0.1) is 0 Å². The Morgan fingerprint density at radius 2 is 2.18 bits per heavy atom. The maximum Gasteiger partial charge on any atom is 0.163 e. The molecular formula is C12H12N4S. The molecule has 1 aliphatic heterocycles. The van der Waals surface area contributed by atoms with Crippen LogP contribution in [0.5, 0.6) is 0 Å². The molecule has 2 N–H and O–H groups in total. The van der Waals surface area contributed by atoms with Crippen molar-refractivity contribution in [1.29, 1.82) is 0 Å². The van der Waals surface area contributed by atoms with E-state index in [-0.39, 0.29) is 0 Å². The summed E-state index contributed by atoms with van der Waals surface area (Å²) in [6.45, 7) is 2.03. The summed E-state index contributed by atoms with van der Waals surface area (Å²) >= 11 is 1.83. The van der Waals surface area contributed by atoms with E-state index in [1.54, 1.807) is 12.4 Å². The normalized spacial score (nSPS) is 13.7. The second-order valence-electron chi connectivity index (χ2n) is 4.04. The van der Waals surface area contributed by atoms with Gasteiger partial charge < -0.3 is 5.73 Å². The van der Waals surface area contributed by atoms with E-state index < -0.39 is 0 Å². The van der Waals surface area contributed by atoms with Crippen molar-refractivity contribution in [3.8, 4) is 11.4 Å². The number of pyridine rings is 1. The lowest BCUT2D eigenvalue weighted by molar-refractivity contribution is 1.07. The van der Waals surface area contributed by atoms with Crippen molar-refractivity contribution in [1.82, 2.24) is 15.0 Å². The van der Waals surface area contributed by atoms with Crippen molar-refractivity contribution >= 4 is 17.6 Å². The molecule has 1 aliphatic rings. The van der Waals surface area contributed by atoms with Crippen LogP contribution < -0.4 is 5.73 Å². The van der Waals surface area contributed by atoms with Gasteiger partial charge in [0.2, 0.25) is 0 Å². The van der Waals surface area contributed by atoms with Crippen LogP contribution in [0.2, 0.25) is 0 Å². The smallest absolute Gasteiger partial charge is 0.163 e. The van der Waals surface area contributed by atoms with Gasteiger partial charge in [-0.3, -0.25) is 4.98 Å². The summed E-state index contributed by atoms with van der Waals surface area (Å²) < 4.78 is 0. The average Bonchev–Trinajstić information content (AvgIpc) is 2.78. The second kappa shape index (κ2) is 4.00. The van der Waals surface area contributed by atoms with E-state index in [0.29, 0.717) is 11.6 Å². The summed E-state index contributed by atoms with van der Waals surface area (Å²) in [5.74, 6) is 3.15. The van der Waals surface area contributed by atoms with Crippen LogP contribution in [-0.4, -0.2) is 15.0 Å². The molecule has 0 fully saturated rings. The number of nitrogens with two attached hydrogens (primary N) is 1. The molecule has 3 rings (SSSR count). The summed E-state index contributed by atoms with van der Waals surface area (Å²) in [6, 6.07) is 1.96. The number of rotatable bonds is 1. The Morgan fingerprint density at radius 1 is 1.29 bits per heavy atom. The Morgan fingerprint density at radius 3 is 3.00 bits per heavy atom. The van der Waals surface area contributed by atoms with Gasteiger partial charge in [0, 0.05) is 35.0 Å². The first-order valence-electron chi connectivity index (χ1n) is 5.39. The fraction of sp³-hybridized carbons (Fsp3) is 0.250. The zero-order chi connectivity index (χ0) is 11.8. The van der Waals surface area contributed by atoms with E-state index in [2.05, 4.69) is 15.0 Å². The molecule has 2 aromatic heterocycles. The van der Waals surface area contributed by atoms with Gasteiger partial charge in [0.05, 0.1) is 5.69 Å². The summed E-state index contributed by atoms with van der Waals surface area (Å²) in [6.07, 6.45) is 3.56. The quantitative estimate of drug-likeness (QED) is 0.833. The number of nitrogens with zero attached hydrogens (tertiary/aromatic N) is 3. The number of aryl methyl sites for hydroxylation is 1. The van der Waals surface area contributed by atoms with Crippen LogP contribution in [0.1, 0.15) is 16.8 Å². The van der Waals surface area contributed by atoms with Crippen LogP contribution in [-0.2, 0) is 11.5 Å². The Kier molecular flexibility index (Phi) is 2.48. The van der Waals surface area contributed by atoms with Crippen molar-refractivity contribution in [2.75, 3.05) is 5.73 Å². The highest BCUT2D eigenvalue weighted by atomic mass is 32.2. The molecule has 2 aromatic rings. The number of thioether (sulfide) groups is 1. The van der Waals surface area contributed by atoms with Crippen LogP contribution in [0.3, 0.4) is 0 Å². The summed E-state index contributed by atoms with van der Waals surface area (Å²) in [5.41, 5.74) is 10.2. The van der Waals surface area contributed by atoms with Gasteiger partial charge in [-0.25, -0.2) is 9.97 Å². The Balaban J connectivity index is 2.17. The molecule has 86 valence electrons. The van der Waals surface area contributed by atoms with E-state index in [9.17, 15) is 0 Å². The fourth-order valence-electron chi connectivity index (χ4n) is 1.89. The SMILES string of the molecule is Cc1ccncc1-c1nc(N)c2c(n1)CSC2. The molecule has 0 spiro atoms. The molecule has 0 aromatic carbocycles. The van der Waals surface area contributed by atoms with E-state index in [0.717, 1.165) is 33.9 Å². The van der Waals surface area contributed by atoms with E-state index in [4.69, 9.17) is 5.73 Å². The number of hydrogen-bond donors (Lipinski definition) is 1. The first-order valence-corrected chi connectivity index (χ1v) is 6.55.